The van der Waals surface area contributed by atoms with E-state index in [0.29, 0.717) is 0 Å². The Morgan fingerprint density at radius 2 is 1.71 bits per heavy atom. The summed E-state index contributed by atoms with van der Waals surface area (Å²) in [5.41, 5.74) is 0.266. The Hall–Kier alpha value is -2.17. The van der Waals surface area contributed by atoms with Gasteiger partial charge in [-0.15, -0.1) is 0 Å². The van der Waals surface area contributed by atoms with Crippen molar-refractivity contribution in [2.75, 3.05) is 7.11 Å². The minimum absolute atomic E-state index is 0.266. The molecule has 1 atom stereocenters. The molecule has 0 saturated carbocycles. The smallest absolute Gasteiger partial charge is 0.355 e. The van der Waals surface area contributed by atoms with Crippen LogP contribution in [0, 0.1) is 0 Å². The first-order chi connectivity index (χ1) is 8.06. The predicted molar refractivity (Wildman–Crippen MR) is 58.3 cm³/mol. The lowest BCUT2D eigenvalue weighted by atomic mass is 10.2. The van der Waals surface area contributed by atoms with Gasteiger partial charge in [0.25, 0.3) is 6.10 Å². The van der Waals surface area contributed by atoms with Gasteiger partial charge in [-0.3, -0.25) is 4.79 Å². The largest absolute Gasteiger partial charge is 0.466 e. The average Bonchev–Trinajstić information content (AvgIpc) is 2.35. The van der Waals surface area contributed by atoms with Gasteiger partial charge in [-0.2, -0.15) is 0 Å². The maximum atomic E-state index is 11.6. The van der Waals surface area contributed by atoms with Crippen LogP contribution in [0.25, 0.3) is 0 Å². The van der Waals surface area contributed by atoms with Gasteiger partial charge >= 0.3 is 11.9 Å². The van der Waals surface area contributed by atoms with Crippen LogP contribution in [0.1, 0.15) is 17.3 Å². The fourth-order valence-electron chi connectivity index (χ4n) is 1.15. The van der Waals surface area contributed by atoms with E-state index in [-0.39, 0.29) is 5.56 Å². The molecule has 0 amide bonds. The van der Waals surface area contributed by atoms with Gasteiger partial charge in [0.05, 0.1) is 12.7 Å². The van der Waals surface area contributed by atoms with Crippen LogP contribution in [0.2, 0.25) is 0 Å². The summed E-state index contributed by atoms with van der Waals surface area (Å²) in [6, 6.07) is 8.09. The Balaban J connectivity index is 2.78. The number of Topliss-reactive ketones (excluding diaryl/α,β-unsaturated/α-hetero) is 1. The highest BCUT2D eigenvalue weighted by molar-refractivity contribution is 6.03. The van der Waals surface area contributed by atoms with Crippen molar-refractivity contribution >= 4 is 17.7 Å². The van der Waals surface area contributed by atoms with E-state index in [0.717, 1.165) is 14.0 Å². The molecule has 0 spiro atoms. The zero-order chi connectivity index (χ0) is 12.8. The lowest BCUT2D eigenvalue weighted by Gasteiger charge is -2.12. The summed E-state index contributed by atoms with van der Waals surface area (Å²) in [7, 11) is 1.12. The molecule has 0 fully saturated rings. The standard InChI is InChI=1S/C12H12O5/c1-8(13)10(12(15)16-2)17-11(14)9-6-4-3-5-7-9/h3-7,10H,1-2H3. The number of benzene rings is 1. The number of rotatable bonds is 4. The molecule has 1 unspecified atom stereocenters. The Kier molecular flexibility index (Phi) is 4.39. The van der Waals surface area contributed by atoms with Crippen molar-refractivity contribution in [1.29, 1.82) is 0 Å². The molecule has 5 heteroatoms. The van der Waals surface area contributed by atoms with Gasteiger partial charge in [0.1, 0.15) is 0 Å². The molecule has 0 bridgehead atoms. The van der Waals surface area contributed by atoms with Crippen molar-refractivity contribution in [3.8, 4) is 0 Å². The Labute approximate surface area is 98.3 Å². The summed E-state index contributed by atoms with van der Waals surface area (Å²) in [4.78, 5) is 33.9. The molecule has 90 valence electrons. The van der Waals surface area contributed by atoms with Crippen LogP contribution in [0.15, 0.2) is 30.3 Å². The van der Waals surface area contributed by atoms with E-state index in [2.05, 4.69) is 4.74 Å². The second-order valence-electron chi connectivity index (χ2n) is 3.29. The van der Waals surface area contributed by atoms with Gasteiger partial charge in [-0.25, -0.2) is 9.59 Å². The fourth-order valence-corrected chi connectivity index (χ4v) is 1.15. The number of carbonyl (C=O) groups excluding carboxylic acids is 3. The molecule has 5 nitrogen and oxygen atoms in total. The number of ether oxygens (including phenoxy) is 2. The minimum Gasteiger partial charge on any atom is -0.466 e. The number of carbonyl (C=O) groups is 3. The zero-order valence-electron chi connectivity index (χ0n) is 9.51. The van der Waals surface area contributed by atoms with Crippen molar-refractivity contribution in [3.63, 3.8) is 0 Å². The summed E-state index contributed by atoms with van der Waals surface area (Å²) < 4.78 is 9.16. The van der Waals surface area contributed by atoms with Crippen LogP contribution in [0.5, 0.6) is 0 Å². The second kappa shape index (κ2) is 5.79. The Bertz CT molecular complexity index is 424. The molecule has 0 aliphatic carbocycles. The van der Waals surface area contributed by atoms with Crippen LogP contribution in [0.4, 0.5) is 0 Å². The number of methoxy groups -OCH3 is 1. The van der Waals surface area contributed by atoms with E-state index < -0.39 is 23.8 Å². The molecule has 17 heavy (non-hydrogen) atoms. The molecule has 0 aliphatic heterocycles. The first-order valence-corrected chi connectivity index (χ1v) is 4.90. The van der Waals surface area contributed by atoms with E-state index >= 15 is 0 Å². The van der Waals surface area contributed by atoms with Gasteiger partial charge in [-0.05, 0) is 19.1 Å². The molecule has 1 rings (SSSR count). The summed E-state index contributed by atoms with van der Waals surface area (Å²) in [5, 5.41) is 0. The lowest BCUT2D eigenvalue weighted by Crippen LogP contribution is -2.34. The number of ketones is 1. The number of hydrogen-bond acceptors (Lipinski definition) is 5. The molecule has 0 aromatic heterocycles. The lowest BCUT2D eigenvalue weighted by molar-refractivity contribution is -0.155. The highest BCUT2D eigenvalue weighted by Gasteiger charge is 2.28. The third-order valence-corrected chi connectivity index (χ3v) is 2.02. The normalized spacial score (nSPS) is 11.4. The first-order valence-electron chi connectivity index (χ1n) is 4.90. The summed E-state index contributed by atoms with van der Waals surface area (Å²) in [6.45, 7) is 1.15. The van der Waals surface area contributed by atoms with E-state index in [9.17, 15) is 14.4 Å². The molecule has 0 saturated heterocycles. The molecule has 0 aliphatic rings. The summed E-state index contributed by atoms with van der Waals surface area (Å²) >= 11 is 0. The molecule has 0 heterocycles. The highest BCUT2D eigenvalue weighted by Crippen LogP contribution is 2.05. The van der Waals surface area contributed by atoms with Crippen LogP contribution in [-0.4, -0.2) is 30.9 Å². The Morgan fingerprint density at radius 1 is 1.12 bits per heavy atom. The van der Waals surface area contributed by atoms with E-state index in [1.807, 2.05) is 0 Å². The monoisotopic (exact) mass is 236 g/mol. The molecular formula is C12H12O5. The van der Waals surface area contributed by atoms with Gasteiger partial charge < -0.3 is 9.47 Å². The SMILES string of the molecule is COC(=O)C(OC(=O)c1ccccc1)C(C)=O. The average molecular weight is 236 g/mol. The van der Waals surface area contributed by atoms with Crippen LogP contribution >= 0.6 is 0 Å². The van der Waals surface area contributed by atoms with Crippen LogP contribution < -0.4 is 0 Å². The van der Waals surface area contributed by atoms with Gasteiger partial charge in [-0.1, -0.05) is 18.2 Å². The quantitative estimate of drug-likeness (QED) is 0.575. The van der Waals surface area contributed by atoms with E-state index in [4.69, 9.17) is 4.74 Å². The van der Waals surface area contributed by atoms with Crippen molar-refractivity contribution in [2.24, 2.45) is 0 Å². The minimum atomic E-state index is -1.51. The number of esters is 2. The molecule has 0 radical (unpaired) electrons. The molecule has 0 N–H and O–H groups in total. The maximum absolute atomic E-state index is 11.6. The third-order valence-electron chi connectivity index (χ3n) is 2.02. The van der Waals surface area contributed by atoms with E-state index in [1.165, 1.54) is 12.1 Å². The third kappa shape index (κ3) is 3.41. The van der Waals surface area contributed by atoms with E-state index in [1.54, 1.807) is 18.2 Å². The van der Waals surface area contributed by atoms with Crippen LogP contribution in [-0.2, 0) is 19.1 Å². The topological polar surface area (TPSA) is 69.7 Å². The van der Waals surface area contributed by atoms with Crippen molar-refractivity contribution in [1.82, 2.24) is 0 Å². The highest BCUT2D eigenvalue weighted by atomic mass is 16.6. The molecule has 1 aromatic carbocycles. The summed E-state index contributed by atoms with van der Waals surface area (Å²) in [6.07, 6.45) is -1.51. The van der Waals surface area contributed by atoms with Crippen molar-refractivity contribution in [2.45, 2.75) is 13.0 Å². The first kappa shape index (κ1) is 12.9. The van der Waals surface area contributed by atoms with Gasteiger partial charge in [0.2, 0.25) is 0 Å². The van der Waals surface area contributed by atoms with Crippen LogP contribution in [0.3, 0.4) is 0 Å². The zero-order valence-corrected chi connectivity index (χ0v) is 9.51. The van der Waals surface area contributed by atoms with Gasteiger partial charge in [0, 0.05) is 0 Å². The molecule has 1 aromatic rings. The maximum Gasteiger partial charge on any atom is 0.355 e. The van der Waals surface area contributed by atoms with Crippen molar-refractivity contribution in [3.05, 3.63) is 35.9 Å². The predicted octanol–water partition coefficient (Wildman–Crippen LogP) is 0.974. The molecular weight excluding hydrogens is 224 g/mol. The Morgan fingerprint density at radius 3 is 2.18 bits per heavy atom. The van der Waals surface area contributed by atoms with Gasteiger partial charge in [0.15, 0.2) is 5.78 Å². The number of hydrogen-bond donors (Lipinski definition) is 0. The second-order valence-corrected chi connectivity index (χ2v) is 3.29. The van der Waals surface area contributed by atoms with Crippen molar-refractivity contribution < 1.29 is 23.9 Å². The fraction of sp³-hybridized carbons (Fsp3) is 0.250. The summed E-state index contributed by atoms with van der Waals surface area (Å²) in [5.74, 6) is -2.21.